The van der Waals surface area contributed by atoms with Crippen molar-refractivity contribution >= 4 is 5.70 Å². The second-order valence-corrected chi connectivity index (χ2v) is 10.1. The molecule has 1 saturated carbocycles. The SMILES string of the molecule is CCCCCCC/C=C(/CCC1=C(c2ccc(OC3CCCCC3)c(C)n2)NNN1C)N(C)C. The van der Waals surface area contributed by atoms with Gasteiger partial charge in [0.15, 0.2) is 0 Å². The molecule has 6 nitrogen and oxygen atoms in total. The number of unbranched alkanes of at least 4 members (excludes halogenated alkanes) is 5. The minimum atomic E-state index is 0.343. The van der Waals surface area contributed by atoms with E-state index in [4.69, 9.17) is 9.72 Å². The quantitative estimate of drug-likeness (QED) is 0.330. The number of aryl methyl sites for hydroxylation is 1. The minimum Gasteiger partial charge on any atom is -0.489 e. The maximum absolute atomic E-state index is 6.29. The predicted molar refractivity (Wildman–Crippen MR) is 142 cm³/mol. The first-order valence-electron chi connectivity index (χ1n) is 13.5. The molecule has 0 spiro atoms. The van der Waals surface area contributed by atoms with Crippen molar-refractivity contribution in [2.24, 2.45) is 0 Å². The van der Waals surface area contributed by atoms with Crippen molar-refractivity contribution in [2.75, 3.05) is 21.1 Å². The molecular formula is C28H47N5O. The highest BCUT2D eigenvalue weighted by Crippen LogP contribution is 2.29. The van der Waals surface area contributed by atoms with E-state index in [1.54, 1.807) is 0 Å². The molecular weight excluding hydrogens is 422 g/mol. The van der Waals surface area contributed by atoms with Crippen LogP contribution in [0.2, 0.25) is 0 Å². The summed E-state index contributed by atoms with van der Waals surface area (Å²) in [6.07, 6.45) is 18.7. The molecule has 1 aliphatic heterocycles. The largest absolute Gasteiger partial charge is 0.489 e. The molecule has 0 saturated heterocycles. The third-order valence-electron chi connectivity index (χ3n) is 7.06. The molecule has 6 heteroatoms. The van der Waals surface area contributed by atoms with Crippen LogP contribution in [0.3, 0.4) is 0 Å². The highest BCUT2D eigenvalue weighted by molar-refractivity contribution is 5.65. The summed E-state index contributed by atoms with van der Waals surface area (Å²) in [5.41, 5.74) is 12.2. The third-order valence-corrected chi connectivity index (χ3v) is 7.06. The van der Waals surface area contributed by atoms with Crippen molar-refractivity contribution in [3.8, 4) is 5.75 Å². The van der Waals surface area contributed by atoms with Crippen molar-refractivity contribution in [1.29, 1.82) is 0 Å². The average molecular weight is 470 g/mol. The average Bonchev–Trinajstić information content (AvgIpc) is 3.20. The molecule has 0 aromatic carbocycles. The van der Waals surface area contributed by atoms with Gasteiger partial charge < -0.3 is 9.64 Å². The summed E-state index contributed by atoms with van der Waals surface area (Å²) in [5, 5.41) is 2.08. The van der Waals surface area contributed by atoms with Crippen molar-refractivity contribution in [1.82, 2.24) is 25.9 Å². The minimum absolute atomic E-state index is 0.343. The highest BCUT2D eigenvalue weighted by Gasteiger charge is 2.23. The first kappa shape index (κ1) is 26.4. The maximum atomic E-state index is 6.29. The summed E-state index contributed by atoms with van der Waals surface area (Å²) < 4.78 is 6.29. The van der Waals surface area contributed by atoms with Crippen LogP contribution in [-0.4, -0.2) is 42.1 Å². The lowest BCUT2D eigenvalue weighted by molar-refractivity contribution is 0.153. The van der Waals surface area contributed by atoms with E-state index in [1.807, 2.05) is 0 Å². The van der Waals surface area contributed by atoms with Crippen LogP contribution < -0.4 is 15.7 Å². The summed E-state index contributed by atoms with van der Waals surface area (Å²) in [7, 11) is 6.38. The van der Waals surface area contributed by atoms with Gasteiger partial charge >= 0.3 is 0 Å². The van der Waals surface area contributed by atoms with Gasteiger partial charge in [-0.3, -0.25) is 10.4 Å². The van der Waals surface area contributed by atoms with Gasteiger partial charge in [-0.15, -0.1) is 5.53 Å². The molecule has 0 atom stereocenters. The van der Waals surface area contributed by atoms with Crippen LogP contribution in [0, 0.1) is 6.92 Å². The Morgan fingerprint density at radius 1 is 1.15 bits per heavy atom. The lowest BCUT2D eigenvalue weighted by Gasteiger charge is -2.23. The molecule has 3 rings (SSSR count). The number of hydrazine groups is 2. The summed E-state index contributed by atoms with van der Waals surface area (Å²) in [4.78, 5) is 7.18. The lowest BCUT2D eigenvalue weighted by atomic mass is 9.98. The fourth-order valence-corrected chi connectivity index (χ4v) is 4.90. The van der Waals surface area contributed by atoms with Gasteiger partial charge in [-0.1, -0.05) is 45.1 Å². The number of rotatable bonds is 13. The number of allylic oxidation sites excluding steroid dienone is 3. The van der Waals surface area contributed by atoms with E-state index < -0.39 is 0 Å². The van der Waals surface area contributed by atoms with E-state index in [0.717, 1.165) is 48.5 Å². The van der Waals surface area contributed by atoms with Gasteiger partial charge in [-0.25, -0.2) is 4.98 Å². The Bertz CT molecular complexity index is 826. The van der Waals surface area contributed by atoms with E-state index >= 15 is 0 Å². The van der Waals surface area contributed by atoms with Crippen molar-refractivity contribution in [3.63, 3.8) is 0 Å². The number of hydrogen-bond acceptors (Lipinski definition) is 6. The van der Waals surface area contributed by atoms with E-state index in [-0.39, 0.29) is 0 Å². The molecule has 190 valence electrons. The smallest absolute Gasteiger partial charge is 0.140 e. The predicted octanol–water partition coefficient (Wildman–Crippen LogP) is 6.31. The standard InChI is InChI=1S/C28H47N5O/c1-6-7-8-9-10-12-15-23(32(3)4)18-20-26-28(30-31-33(26)5)25-19-21-27(22(2)29-25)34-24-16-13-11-14-17-24/h15,19,21,24,30-31H,6-14,16-18,20H2,1-5H3/b23-15-. The van der Waals surface area contributed by atoms with Gasteiger partial charge in [0, 0.05) is 26.8 Å². The summed E-state index contributed by atoms with van der Waals surface area (Å²) in [5.74, 6) is 0.925. The molecule has 0 amide bonds. The van der Waals surface area contributed by atoms with E-state index in [9.17, 15) is 0 Å². The van der Waals surface area contributed by atoms with Crippen molar-refractivity contribution in [3.05, 3.63) is 41.0 Å². The zero-order valence-electron chi connectivity index (χ0n) is 22.3. The fraction of sp³-hybridized carbons (Fsp3) is 0.679. The Hall–Kier alpha value is -2.21. The normalized spacial score (nSPS) is 17.3. The van der Waals surface area contributed by atoms with Gasteiger partial charge in [0.1, 0.15) is 5.75 Å². The first-order chi connectivity index (χ1) is 16.5. The Kier molecular flexibility index (Phi) is 10.6. The summed E-state index contributed by atoms with van der Waals surface area (Å²) in [6.45, 7) is 4.33. The molecule has 34 heavy (non-hydrogen) atoms. The molecule has 2 aliphatic rings. The van der Waals surface area contributed by atoms with E-state index in [1.165, 1.54) is 69.2 Å². The number of hydrogen-bond donors (Lipinski definition) is 2. The fourth-order valence-electron chi connectivity index (χ4n) is 4.90. The Morgan fingerprint density at radius 2 is 1.91 bits per heavy atom. The number of ether oxygens (including phenoxy) is 1. The zero-order chi connectivity index (χ0) is 24.3. The monoisotopic (exact) mass is 469 g/mol. The molecule has 2 heterocycles. The van der Waals surface area contributed by atoms with Gasteiger partial charge in [-0.2, -0.15) is 0 Å². The van der Waals surface area contributed by atoms with Crippen LogP contribution >= 0.6 is 0 Å². The van der Waals surface area contributed by atoms with E-state index in [0.29, 0.717) is 6.10 Å². The van der Waals surface area contributed by atoms with E-state index in [2.05, 4.69) is 74.1 Å². The van der Waals surface area contributed by atoms with Crippen LogP contribution in [0.1, 0.15) is 102 Å². The molecule has 0 radical (unpaired) electrons. The first-order valence-corrected chi connectivity index (χ1v) is 13.5. The van der Waals surface area contributed by atoms with Gasteiger partial charge in [-0.05, 0) is 70.4 Å². The molecule has 2 N–H and O–H groups in total. The number of nitrogens with zero attached hydrogens (tertiary/aromatic N) is 3. The second-order valence-electron chi connectivity index (χ2n) is 10.1. The van der Waals surface area contributed by atoms with Crippen LogP contribution in [0.25, 0.3) is 5.70 Å². The zero-order valence-corrected chi connectivity index (χ0v) is 22.3. The Morgan fingerprint density at radius 3 is 2.62 bits per heavy atom. The number of pyridine rings is 1. The van der Waals surface area contributed by atoms with Crippen LogP contribution in [0.15, 0.2) is 29.6 Å². The van der Waals surface area contributed by atoms with Crippen LogP contribution in [0.5, 0.6) is 5.75 Å². The molecule has 1 aliphatic carbocycles. The molecule has 0 bridgehead atoms. The van der Waals surface area contributed by atoms with Crippen molar-refractivity contribution < 1.29 is 4.74 Å². The van der Waals surface area contributed by atoms with Crippen LogP contribution in [0.4, 0.5) is 0 Å². The topological polar surface area (TPSA) is 52.7 Å². The van der Waals surface area contributed by atoms with Crippen molar-refractivity contribution in [2.45, 2.75) is 103 Å². The number of aromatic nitrogens is 1. The molecule has 1 aromatic heterocycles. The molecule has 1 fully saturated rings. The number of nitrogens with one attached hydrogen (secondary N) is 2. The lowest BCUT2D eigenvalue weighted by Crippen LogP contribution is -2.34. The van der Waals surface area contributed by atoms with Crippen LogP contribution in [-0.2, 0) is 0 Å². The summed E-state index contributed by atoms with van der Waals surface area (Å²) >= 11 is 0. The van der Waals surface area contributed by atoms with Gasteiger partial charge in [0.05, 0.1) is 28.9 Å². The third kappa shape index (κ3) is 7.66. The maximum Gasteiger partial charge on any atom is 0.140 e. The molecule has 0 unspecified atom stereocenters. The summed E-state index contributed by atoms with van der Waals surface area (Å²) in [6, 6.07) is 4.19. The Labute approximate surface area is 207 Å². The van der Waals surface area contributed by atoms with Gasteiger partial charge in [0.25, 0.3) is 0 Å². The molecule has 1 aromatic rings. The second kappa shape index (κ2) is 13.6. The van der Waals surface area contributed by atoms with Gasteiger partial charge in [0.2, 0.25) is 0 Å². The highest BCUT2D eigenvalue weighted by atomic mass is 16.5. The Balaban J connectivity index is 1.64.